The number of pyridine rings is 1. The maximum atomic E-state index is 13.0. The highest BCUT2D eigenvalue weighted by Crippen LogP contribution is 2.41. The van der Waals surface area contributed by atoms with Crippen molar-refractivity contribution in [3.8, 4) is 0 Å². The number of amides is 2. The van der Waals surface area contributed by atoms with Crippen molar-refractivity contribution in [2.75, 3.05) is 36.3 Å². The number of aromatic nitrogens is 2. The summed E-state index contributed by atoms with van der Waals surface area (Å²) >= 11 is 3.95. The second-order valence-corrected chi connectivity index (χ2v) is 10.7. The first-order chi connectivity index (χ1) is 17.8. The average Bonchev–Trinajstić information content (AvgIpc) is 3.33. The number of carbonyl (C=O) groups excluding carboxylic acids is 3. The van der Waals surface area contributed by atoms with Crippen molar-refractivity contribution in [3.63, 3.8) is 0 Å². The van der Waals surface area contributed by atoms with Gasteiger partial charge in [-0.2, -0.15) is 5.43 Å². The predicted molar refractivity (Wildman–Crippen MR) is 139 cm³/mol. The van der Waals surface area contributed by atoms with Gasteiger partial charge in [-0.25, -0.2) is 4.98 Å². The number of β-lactam (4-membered cyclic amide) rings is 1. The van der Waals surface area contributed by atoms with E-state index in [2.05, 4.69) is 27.5 Å². The Morgan fingerprint density at radius 2 is 2.22 bits per heavy atom. The third-order valence-electron chi connectivity index (χ3n) is 5.32. The maximum Gasteiger partial charge on any atom is 0.276 e. The van der Waals surface area contributed by atoms with Gasteiger partial charge >= 0.3 is 0 Å². The van der Waals surface area contributed by atoms with Gasteiger partial charge in [0, 0.05) is 33.9 Å². The number of carbonyl (C=O) groups is 3. The molecular formula is C22H23N7O5S3. The van der Waals surface area contributed by atoms with Crippen LogP contribution >= 0.6 is 34.9 Å². The summed E-state index contributed by atoms with van der Waals surface area (Å²) in [6.45, 7) is 4.27. The maximum absolute atomic E-state index is 13.0. The largest absolute Gasteiger partial charge is 0.543 e. The number of carboxylic acids is 1. The van der Waals surface area contributed by atoms with Crippen molar-refractivity contribution in [1.82, 2.24) is 15.2 Å². The molecule has 12 nitrogen and oxygen atoms in total. The molecule has 0 unspecified atom stereocenters. The summed E-state index contributed by atoms with van der Waals surface area (Å²) in [7, 11) is 1.28. The molecule has 194 valence electrons. The lowest BCUT2D eigenvalue weighted by molar-refractivity contribution is -0.649. The van der Waals surface area contributed by atoms with Crippen molar-refractivity contribution in [2.24, 2.45) is 5.16 Å². The smallest absolute Gasteiger partial charge is 0.276 e. The number of nitrogen functional groups attached to an aromatic ring is 1. The summed E-state index contributed by atoms with van der Waals surface area (Å²) in [5, 5.41) is 19.6. The Hall–Kier alpha value is -3.56. The monoisotopic (exact) mass is 561 g/mol. The predicted octanol–water partition coefficient (Wildman–Crippen LogP) is -0.711. The van der Waals surface area contributed by atoms with Gasteiger partial charge in [-0.15, -0.1) is 41.4 Å². The van der Waals surface area contributed by atoms with Crippen LogP contribution < -0.4 is 26.3 Å². The molecule has 4 rings (SSSR count). The van der Waals surface area contributed by atoms with Crippen LogP contribution in [0.5, 0.6) is 0 Å². The highest BCUT2D eigenvalue weighted by molar-refractivity contribution is 8.01. The molecule has 2 aliphatic heterocycles. The number of nitrogens with two attached hydrogens (primary N) is 1. The zero-order chi connectivity index (χ0) is 26.5. The number of carboxylic acid groups (broad SMARTS) is 1. The Morgan fingerprint density at radius 1 is 1.46 bits per heavy atom. The van der Waals surface area contributed by atoms with E-state index in [-0.39, 0.29) is 22.2 Å². The van der Waals surface area contributed by atoms with Crippen LogP contribution in [0.3, 0.4) is 0 Å². The number of nitrogens with zero attached hydrogens (tertiary/aromatic N) is 4. The Labute approximate surface area is 224 Å². The van der Waals surface area contributed by atoms with Crippen LogP contribution in [-0.2, 0) is 19.2 Å². The number of aliphatic carboxylic acids is 1. The highest BCUT2D eigenvalue weighted by atomic mass is 32.2. The van der Waals surface area contributed by atoms with Gasteiger partial charge in [0.2, 0.25) is 12.4 Å². The zero-order valence-electron chi connectivity index (χ0n) is 19.6. The molecule has 4 heterocycles. The lowest BCUT2D eigenvalue weighted by atomic mass is 10.0. The number of anilines is 1. The molecule has 1 fully saturated rings. The molecule has 2 aliphatic rings. The molecule has 0 radical (unpaired) electrons. The van der Waals surface area contributed by atoms with Crippen LogP contribution in [0.1, 0.15) is 5.69 Å². The van der Waals surface area contributed by atoms with Gasteiger partial charge in [0.25, 0.3) is 11.8 Å². The van der Waals surface area contributed by atoms with Crippen molar-refractivity contribution in [2.45, 2.75) is 16.3 Å². The number of thioether (sulfide) groups is 2. The summed E-state index contributed by atoms with van der Waals surface area (Å²) < 4.78 is 1.79. The molecule has 2 atom stereocenters. The van der Waals surface area contributed by atoms with Gasteiger partial charge in [0.15, 0.2) is 10.8 Å². The van der Waals surface area contributed by atoms with E-state index < -0.39 is 29.2 Å². The molecule has 0 aromatic carbocycles. The van der Waals surface area contributed by atoms with E-state index in [1.165, 1.54) is 35.5 Å². The zero-order valence-corrected chi connectivity index (χ0v) is 22.0. The molecule has 0 spiro atoms. The first-order valence-corrected chi connectivity index (χ1v) is 13.8. The number of oxime groups is 1. The summed E-state index contributed by atoms with van der Waals surface area (Å²) in [4.78, 5) is 48.7. The molecule has 0 saturated carbocycles. The number of rotatable bonds is 11. The summed E-state index contributed by atoms with van der Waals surface area (Å²) in [5.74, 6) is -1.93. The van der Waals surface area contributed by atoms with E-state index in [0.29, 0.717) is 23.6 Å². The SMILES string of the molecule is C=CCN[n+]1ccc(SCC2=C(C(=O)[O-])N3C(=O)[C@@H](NC(=O)/C(=N\OC)c4csc(N)n4)[C@H]3SC2)cc1. The van der Waals surface area contributed by atoms with Crippen LogP contribution in [0.4, 0.5) is 5.13 Å². The van der Waals surface area contributed by atoms with E-state index in [1.54, 1.807) is 16.1 Å². The Bertz CT molecular complexity index is 1280. The molecule has 2 aromatic heterocycles. The third-order valence-corrected chi connectivity index (χ3v) is 8.43. The van der Waals surface area contributed by atoms with Gasteiger partial charge in [0.1, 0.15) is 24.2 Å². The van der Waals surface area contributed by atoms with Gasteiger partial charge in [-0.3, -0.25) is 14.5 Å². The molecule has 2 amide bonds. The highest BCUT2D eigenvalue weighted by Gasteiger charge is 2.53. The minimum Gasteiger partial charge on any atom is -0.543 e. The lowest BCUT2D eigenvalue weighted by Gasteiger charge is -2.50. The minimum atomic E-state index is -1.43. The molecule has 4 N–H and O–H groups in total. The van der Waals surface area contributed by atoms with Crippen molar-refractivity contribution in [3.05, 3.63) is 59.5 Å². The third kappa shape index (κ3) is 5.73. The lowest BCUT2D eigenvalue weighted by Crippen LogP contribution is -2.71. The van der Waals surface area contributed by atoms with E-state index in [4.69, 9.17) is 10.6 Å². The molecule has 1 saturated heterocycles. The number of thiazole rings is 1. The standard InChI is InChI=1S/C22H23N7O5S3/c1-3-6-24-28-7-4-13(5-8-28)35-9-12-10-36-20-16(19(31)29(20)17(12)21(32)33)26-18(30)15(27-34-2)14-11-37-22(23)25-14/h3-5,7-8,11,16,20,24H,1,6,9-10H2,2H3,(H3-,23,25,26,30,32,33)/b27-15-/t16-,20-/m1/s1. The minimum absolute atomic E-state index is 0.140. The van der Waals surface area contributed by atoms with E-state index in [9.17, 15) is 19.5 Å². The summed E-state index contributed by atoms with van der Waals surface area (Å²) in [5.41, 5.74) is 9.24. The van der Waals surface area contributed by atoms with Crippen molar-refractivity contribution >= 4 is 63.5 Å². The van der Waals surface area contributed by atoms with E-state index >= 15 is 0 Å². The summed E-state index contributed by atoms with van der Waals surface area (Å²) in [6.07, 6.45) is 5.44. The van der Waals surface area contributed by atoms with Gasteiger partial charge in [-0.1, -0.05) is 15.9 Å². The quantitative estimate of drug-likeness (QED) is 0.0797. The molecule has 0 aliphatic carbocycles. The molecule has 0 bridgehead atoms. The molecule has 15 heteroatoms. The first kappa shape index (κ1) is 26.5. The topological polar surface area (TPSA) is 166 Å². The number of hydrogen-bond donors (Lipinski definition) is 3. The molecule has 37 heavy (non-hydrogen) atoms. The van der Waals surface area contributed by atoms with Crippen LogP contribution in [0, 0.1) is 0 Å². The number of hydrogen-bond acceptors (Lipinski definition) is 12. The Morgan fingerprint density at radius 3 is 2.84 bits per heavy atom. The Balaban J connectivity index is 1.44. The van der Waals surface area contributed by atoms with Crippen LogP contribution in [0.25, 0.3) is 0 Å². The van der Waals surface area contributed by atoms with Crippen LogP contribution in [-0.4, -0.2) is 70.0 Å². The molecular weight excluding hydrogens is 538 g/mol. The fourth-order valence-electron chi connectivity index (χ4n) is 3.64. The number of nitrogens with one attached hydrogen (secondary N) is 2. The van der Waals surface area contributed by atoms with Gasteiger partial charge in [-0.05, 0) is 5.57 Å². The van der Waals surface area contributed by atoms with Gasteiger partial charge < -0.3 is 25.8 Å². The van der Waals surface area contributed by atoms with Gasteiger partial charge in [0.05, 0.1) is 18.2 Å². The fourth-order valence-corrected chi connectivity index (χ4v) is 6.56. The Kier molecular flexibility index (Phi) is 8.35. The van der Waals surface area contributed by atoms with Crippen LogP contribution in [0.15, 0.2) is 63.9 Å². The second kappa shape index (κ2) is 11.7. The normalized spacial score (nSPS) is 19.1. The fraction of sp³-hybridized carbons (Fsp3) is 0.273. The second-order valence-electron chi connectivity index (χ2n) is 7.67. The summed E-state index contributed by atoms with van der Waals surface area (Å²) in [6, 6.07) is 2.86. The van der Waals surface area contributed by atoms with Crippen molar-refractivity contribution in [1.29, 1.82) is 0 Å². The number of fused-ring (bicyclic) bond motifs is 1. The van der Waals surface area contributed by atoms with Crippen molar-refractivity contribution < 1.29 is 29.0 Å². The van der Waals surface area contributed by atoms with E-state index in [1.807, 2.05) is 24.5 Å². The average molecular weight is 562 g/mol. The van der Waals surface area contributed by atoms with Crippen LogP contribution in [0.2, 0.25) is 0 Å². The molecule has 2 aromatic rings. The first-order valence-electron chi connectivity index (χ1n) is 10.8. The van der Waals surface area contributed by atoms with E-state index in [0.717, 1.165) is 16.2 Å².